The average molecular weight is 250 g/mol. The molecule has 5 heteroatoms. The molecule has 0 fully saturated rings. The van der Waals surface area contributed by atoms with Gasteiger partial charge in [-0.05, 0) is 24.5 Å². The summed E-state index contributed by atoms with van der Waals surface area (Å²) < 4.78 is 10.5. The van der Waals surface area contributed by atoms with E-state index in [2.05, 4.69) is 0 Å². The van der Waals surface area contributed by atoms with Crippen LogP contribution in [0.25, 0.3) is 0 Å². The van der Waals surface area contributed by atoms with Crippen molar-refractivity contribution in [1.29, 1.82) is 0 Å². The molecule has 0 saturated heterocycles. The van der Waals surface area contributed by atoms with E-state index in [1.165, 1.54) is 12.1 Å². The number of rotatable bonds is 4. The number of hydrogen-bond acceptors (Lipinski definition) is 4. The number of carboxylic acid groups (broad SMARTS) is 1. The molecule has 1 aromatic carbocycles. The van der Waals surface area contributed by atoms with Crippen molar-refractivity contribution in [2.24, 2.45) is 0 Å². The smallest absolute Gasteiger partial charge is 0.371 e. The Kier molecular flexibility index (Phi) is 3.39. The molecule has 0 aliphatic heterocycles. The van der Waals surface area contributed by atoms with E-state index < -0.39 is 5.97 Å². The van der Waals surface area contributed by atoms with E-state index in [0.717, 1.165) is 4.90 Å². The normalized spacial score (nSPS) is 10.2. The maximum atomic E-state index is 10.6. The van der Waals surface area contributed by atoms with E-state index in [4.69, 9.17) is 14.3 Å². The maximum absolute atomic E-state index is 10.6. The van der Waals surface area contributed by atoms with Crippen LogP contribution in [0.1, 0.15) is 10.6 Å². The zero-order chi connectivity index (χ0) is 12.3. The second kappa shape index (κ2) is 4.97. The predicted molar refractivity (Wildman–Crippen MR) is 64.0 cm³/mol. The number of hydrogen-bond donors (Lipinski definition) is 1. The summed E-state index contributed by atoms with van der Waals surface area (Å²) in [5.41, 5.74) is 0. The quantitative estimate of drug-likeness (QED) is 0.841. The molecule has 0 aliphatic carbocycles. The number of carboxylic acids is 1. The molecule has 0 spiro atoms. The van der Waals surface area contributed by atoms with Gasteiger partial charge >= 0.3 is 5.97 Å². The van der Waals surface area contributed by atoms with Crippen LogP contribution in [0.5, 0.6) is 11.7 Å². The first kappa shape index (κ1) is 11.6. The Bertz CT molecular complexity index is 533. The summed E-state index contributed by atoms with van der Waals surface area (Å²) in [6.45, 7) is 0. The van der Waals surface area contributed by atoms with Gasteiger partial charge in [-0.2, -0.15) is 0 Å². The Hall–Kier alpha value is -1.88. The number of aromatic carboxylic acids is 1. The van der Waals surface area contributed by atoms with Crippen molar-refractivity contribution in [2.45, 2.75) is 4.90 Å². The van der Waals surface area contributed by atoms with Crippen LogP contribution in [-0.2, 0) is 0 Å². The summed E-state index contributed by atoms with van der Waals surface area (Å²) in [6.07, 6.45) is 1.94. The molecule has 0 amide bonds. The van der Waals surface area contributed by atoms with Crippen molar-refractivity contribution in [2.75, 3.05) is 6.26 Å². The lowest BCUT2D eigenvalue weighted by molar-refractivity contribution is 0.0657. The molecule has 88 valence electrons. The summed E-state index contributed by atoms with van der Waals surface area (Å²) in [5, 5.41) is 8.71. The summed E-state index contributed by atoms with van der Waals surface area (Å²) >= 11 is 1.54. The largest absolute Gasteiger partial charge is 0.475 e. The average Bonchev–Trinajstić information content (AvgIpc) is 2.78. The maximum Gasteiger partial charge on any atom is 0.371 e. The number of ether oxygens (including phenoxy) is 1. The van der Waals surface area contributed by atoms with E-state index in [1.807, 2.05) is 24.5 Å². The first-order valence-electron chi connectivity index (χ1n) is 4.84. The van der Waals surface area contributed by atoms with Gasteiger partial charge in [0.15, 0.2) is 0 Å². The first-order valence-corrected chi connectivity index (χ1v) is 6.07. The fourth-order valence-corrected chi connectivity index (χ4v) is 1.83. The lowest BCUT2D eigenvalue weighted by atomic mass is 10.3. The molecule has 0 atom stereocenters. The van der Waals surface area contributed by atoms with E-state index in [-0.39, 0.29) is 11.7 Å². The zero-order valence-electron chi connectivity index (χ0n) is 9.04. The standard InChI is InChI=1S/C12H10O4S/c1-17-10-5-3-2-4-8(10)15-11-7-6-9(16-11)12(13)14/h2-7H,1H3,(H,13,14). The van der Waals surface area contributed by atoms with E-state index >= 15 is 0 Å². The highest BCUT2D eigenvalue weighted by Crippen LogP contribution is 2.31. The number of benzene rings is 1. The minimum atomic E-state index is -1.11. The van der Waals surface area contributed by atoms with Crippen molar-refractivity contribution >= 4 is 17.7 Å². The highest BCUT2D eigenvalue weighted by molar-refractivity contribution is 7.98. The number of thioether (sulfide) groups is 1. The van der Waals surface area contributed by atoms with Crippen LogP contribution in [0.4, 0.5) is 0 Å². The molecule has 0 saturated carbocycles. The molecular formula is C12H10O4S. The highest BCUT2D eigenvalue weighted by Gasteiger charge is 2.11. The fourth-order valence-electron chi connectivity index (χ4n) is 1.30. The summed E-state index contributed by atoms with van der Waals surface area (Å²) in [7, 11) is 0. The second-order valence-electron chi connectivity index (χ2n) is 3.18. The van der Waals surface area contributed by atoms with Gasteiger partial charge in [-0.1, -0.05) is 12.1 Å². The van der Waals surface area contributed by atoms with Crippen LogP contribution < -0.4 is 4.74 Å². The van der Waals surface area contributed by atoms with Gasteiger partial charge in [0.25, 0.3) is 5.95 Å². The highest BCUT2D eigenvalue weighted by atomic mass is 32.2. The first-order chi connectivity index (χ1) is 8.20. The lowest BCUT2D eigenvalue weighted by Crippen LogP contribution is -1.91. The van der Waals surface area contributed by atoms with Crippen molar-refractivity contribution < 1.29 is 19.1 Å². The van der Waals surface area contributed by atoms with E-state index in [1.54, 1.807) is 17.8 Å². The van der Waals surface area contributed by atoms with Crippen molar-refractivity contribution in [1.82, 2.24) is 0 Å². The number of para-hydroxylation sites is 1. The zero-order valence-corrected chi connectivity index (χ0v) is 9.86. The van der Waals surface area contributed by atoms with Crippen LogP contribution in [-0.4, -0.2) is 17.3 Å². The molecular weight excluding hydrogens is 240 g/mol. The molecule has 1 N–H and O–H groups in total. The Morgan fingerprint density at radius 3 is 2.71 bits per heavy atom. The third-order valence-electron chi connectivity index (χ3n) is 2.07. The molecule has 4 nitrogen and oxygen atoms in total. The van der Waals surface area contributed by atoms with Crippen LogP contribution >= 0.6 is 11.8 Å². The van der Waals surface area contributed by atoms with Crippen molar-refractivity contribution in [3.05, 3.63) is 42.2 Å². The monoisotopic (exact) mass is 250 g/mol. The van der Waals surface area contributed by atoms with Gasteiger partial charge in [0.1, 0.15) is 5.75 Å². The Labute approximate surface area is 102 Å². The predicted octanol–water partition coefficient (Wildman–Crippen LogP) is 3.49. The van der Waals surface area contributed by atoms with Gasteiger partial charge in [0.05, 0.1) is 0 Å². The lowest BCUT2D eigenvalue weighted by Gasteiger charge is -2.05. The van der Waals surface area contributed by atoms with Crippen LogP contribution in [0.2, 0.25) is 0 Å². The van der Waals surface area contributed by atoms with Gasteiger partial charge in [-0.25, -0.2) is 4.79 Å². The molecule has 1 heterocycles. The van der Waals surface area contributed by atoms with Crippen LogP contribution in [0.15, 0.2) is 45.7 Å². The fraction of sp³-hybridized carbons (Fsp3) is 0.0833. The molecule has 2 aromatic rings. The molecule has 0 radical (unpaired) electrons. The molecule has 1 aromatic heterocycles. The molecule has 0 aliphatic rings. The minimum absolute atomic E-state index is 0.137. The minimum Gasteiger partial charge on any atom is -0.475 e. The Morgan fingerprint density at radius 1 is 1.29 bits per heavy atom. The summed E-state index contributed by atoms with van der Waals surface area (Å²) in [6, 6.07) is 10.3. The number of carbonyl (C=O) groups is 1. The third kappa shape index (κ3) is 2.62. The Balaban J connectivity index is 2.22. The van der Waals surface area contributed by atoms with Gasteiger partial charge in [0, 0.05) is 11.0 Å². The van der Waals surface area contributed by atoms with Crippen LogP contribution in [0.3, 0.4) is 0 Å². The second-order valence-corrected chi connectivity index (χ2v) is 4.02. The van der Waals surface area contributed by atoms with E-state index in [0.29, 0.717) is 5.75 Å². The topological polar surface area (TPSA) is 59.7 Å². The Morgan fingerprint density at radius 2 is 2.06 bits per heavy atom. The molecule has 2 rings (SSSR count). The SMILES string of the molecule is CSc1ccccc1Oc1ccc(C(=O)O)o1. The van der Waals surface area contributed by atoms with Crippen molar-refractivity contribution in [3.63, 3.8) is 0 Å². The third-order valence-corrected chi connectivity index (χ3v) is 2.85. The van der Waals surface area contributed by atoms with Gasteiger partial charge < -0.3 is 14.3 Å². The van der Waals surface area contributed by atoms with Crippen molar-refractivity contribution in [3.8, 4) is 11.7 Å². The van der Waals surface area contributed by atoms with Gasteiger partial charge in [-0.15, -0.1) is 11.8 Å². The molecule has 17 heavy (non-hydrogen) atoms. The van der Waals surface area contributed by atoms with Crippen LogP contribution in [0, 0.1) is 0 Å². The van der Waals surface area contributed by atoms with E-state index in [9.17, 15) is 4.79 Å². The summed E-state index contributed by atoms with van der Waals surface area (Å²) in [5.74, 6) is -0.435. The van der Waals surface area contributed by atoms with Gasteiger partial charge in [0.2, 0.25) is 5.76 Å². The molecule has 0 unspecified atom stereocenters. The summed E-state index contributed by atoms with van der Waals surface area (Å²) in [4.78, 5) is 11.6. The van der Waals surface area contributed by atoms with Gasteiger partial charge in [-0.3, -0.25) is 0 Å². The molecule has 0 bridgehead atoms. The number of furan rings is 1.